The van der Waals surface area contributed by atoms with Crippen LogP contribution in [0.5, 0.6) is 0 Å². The summed E-state index contributed by atoms with van der Waals surface area (Å²) in [6.07, 6.45) is 48.9. The van der Waals surface area contributed by atoms with Gasteiger partial charge in [0.1, 0.15) is 24.8 Å². The predicted molar refractivity (Wildman–Crippen MR) is 303 cm³/mol. The smallest absolute Gasteiger partial charge is 0.329 e. The zero-order valence-corrected chi connectivity index (χ0v) is 48.1. The lowest BCUT2D eigenvalue weighted by atomic mass is 10.0. The Labute approximate surface area is 446 Å². The van der Waals surface area contributed by atoms with E-state index in [1.165, 1.54) is 211 Å². The number of carbonyl (C=O) groups excluding carboxylic acids is 4. The van der Waals surface area contributed by atoms with E-state index in [2.05, 4.69) is 38.7 Å². The molecule has 0 spiro atoms. The van der Waals surface area contributed by atoms with Gasteiger partial charge in [0, 0.05) is 36.5 Å². The number of nitrogens with two attached hydrogens (primary N) is 1. The highest BCUT2D eigenvalue weighted by Gasteiger charge is 2.24. The van der Waals surface area contributed by atoms with E-state index in [1.807, 2.05) is 0 Å². The molecule has 0 aromatic carbocycles. The Morgan fingerprint density at radius 2 is 0.817 bits per heavy atom. The number of rotatable bonds is 53. The molecule has 4 N–H and O–H groups in total. The Bertz CT molecular complexity index is 1210. The number of amides is 1. The average molecular weight is 1050 g/mol. The molecule has 0 radical (unpaired) electrons. The molecule has 1 amide bonds. The van der Waals surface area contributed by atoms with Crippen LogP contribution in [0.15, 0.2) is 0 Å². The van der Waals surface area contributed by atoms with Gasteiger partial charge in [0.25, 0.3) is 0 Å². The number of methoxy groups -OCH3 is 1. The number of thiol groups is 1. The zero-order valence-electron chi connectivity index (χ0n) is 46.4. The van der Waals surface area contributed by atoms with Crippen LogP contribution in [-0.4, -0.2) is 84.1 Å². The van der Waals surface area contributed by atoms with Crippen molar-refractivity contribution < 1.29 is 43.3 Å². The van der Waals surface area contributed by atoms with Crippen molar-refractivity contribution >= 4 is 54.2 Å². The number of carbonyl (C=O) groups is 5. The van der Waals surface area contributed by atoms with Crippen LogP contribution in [-0.2, 0) is 38.2 Å². The summed E-state index contributed by atoms with van der Waals surface area (Å²) in [5.74, 6) is -1.39. The number of hydrogen-bond acceptors (Lipinski definition) is 11. The van der Waals surface area contributed by atoms with Crippen molar-refractivity contribution in [3.05, 3.63) is 0 Å². The summed E-state index contributed by atoms with van der Waals surface area (Å²) in [5.41, 5.74) is 4.94. The lowest BCUT2D eigenvalue weighted by Gasteiger charge is -2.20. The molecule has 0 aliphatic carbocycles. The van der Waals surface area contributed by atoms with Crippen molar-refractivity contribution in [1.29, 1.82) is 0 Å². The van der Waals surface area contributed by atoms with Gasteiger partial charge in [-0.2, -0.15) is 24.4 Å². The summed E-state index contributed by atoms with van der Waals surface area (Å²) in [7, 11) is 1.33. The van der Waals surface area contributed by atoms with E-state index in [4.69, 9.17) is 25.1 Å². The van der Waals surface area contributed by atoms with E-state index >= 15 is 0 Å². The molecule has 0 rings (SSSR count). The van der Waals surface area contributed by atoms with Crippen molar-refractivity contribution in [2.45, 2.75) is 309 Å². The molecule has 13 heteroatoms. The molecule has 0 unspecified atom stereocenters. The van der Waals surface area contributed by atoms with Gasteiger partial charge in [-0.25, -0.2) is 4.79 Å². The van der Waals surface area contributed by atoms with Gasteiger partial charge in [0.2, 0.25) is 5.91 Å². The quantitative estimate of drug-likeness (QED) is 0.0198. The van der Waals surface area contributed by atoms with Gasteiger partial charge in [-0.3, -0.25) is 19.2 Å². The first-order valence-corrected chi connectivity index (χ1v) is 31.2. The third kappa shape index (κ3) is 54.1. The molecule has 420 valence electrons. The average Bonchev–Trinajstić information content (AvgIpc) is 3.36. The fourth-order valence-electron chi connectivity index (χ4n) is 8.47. The Morgan fingerprint density at radius 3 is 1.13 bits per heavy atom. The Balaban J connectivity index is 0. The number of ether oxygens (including phenoxy) is 3. The number of carboxylic acid groups (broad SMARTS) is 1. The van der Waals surface area contributed by atoms with Crippen molar-refractivity contribution in [3.63, 3.8) is 0 Å². The SMILES string of the molecule is CCCCCCCCCCCCCCCC(=O)N[C@H](CSC[C@@H](COC(=O)CCCCCCCCCCCCCCC)OC(=O)CCCCCCCCCCCCCCC)C(=O)OC.N[C@@H](CS)C(=O)O. The van der Waals surface area contributed by atoms with Gasteiger partial charge >= 0.3 is 23.9 Å². The van der Waals surface area contributed by atoms with Crippen LogP contribution >= 0.6 is 24.4 Å². The minimum atomic E-state index is -1.00. The minimum Gasteiger partial charge on any atom is -0.480 e. The number of aliphatic carboxylic acids is 1. The fourth-order valence-corrected chi connectivity index (χ4v) is 9.64. The molecule has 0 aromatic rings. The van der Waals surface area contributed by atoms with E-state index in [1.54, 1.807) is 0 Å². The first kappa shape index (κ1) is 71.1. The predicted octanol–water partition coefficient (Wildman–Crippen LogP) is 15.6. The number of nitrogens with one attached hydrogen (secondary N) is 1. The molecule has 0 aliphatic rings. The van der Waals surface area contributed by atoms with Crippen LogP contribution in [0.25, 0.3) is 0 Å². The van der Waals surface area contributed by atoms with Gasteiger partial charge < -0.3 is 30.4 Å². The number of carboxylic acids is 1. The summed E-state index contributed by atoms with van der Waals surface area (Å²) in [5, 5.41) is 10.9. The lowest BCUT2D eigenvalue weighted by molar-refractivity contribution is -0.157. The Morgan fingerprint density at radius 1 is 0.493 bits per heavy atom. The summed E-state index contributed by atoms with van der Waals surface area (Å²) >= 11 is 5.05. The van der Waals surface area contributed by atoms with Gasteiger partial charge in [-0.1, -0.05) is 252 Å². The topological polar surface area (TPSA) is 171 Å². The van der Waals surface area contributed by atoms with Crippen molar-refractivity contribution in [2.75, 3.05) is 31.0 Å². The highest BCUT2D eigenvalue weighted by molar-refractivity contribution is 7.99. The summed E-state index contributed by atoms with van der Waals surface area (Å²) in [6, 6.07) is -1.62. The lowest BCUT2D eigenvalue weighted by Crippen LogP contribution is -2.43. The summed E-state index contributed by atoms with van der Waals surface area (Å²) < 4.78 is 16.5. The minimum absolute atomic E-state index is 0.0110. The molecule has 0 aliphatic heterocycles. The molecule has 0 saturated heterocycles. The standard InChI is InChI=1S/C55H105NO7S.C3H7NO2S/c1-5-8-11-14-17-20-23-26-29-32-35-38-41-44-52(57)56-51(55(60)61-4)49-64-48-50(63-54(59)46-43-40-37-34-31-28-25-22-19-16-13-10-7-3)47-62-53(58)45-42-39-36-33-30-27-24-21-18-15-12-9-6-2;4-2(1-7)3(5)6/h50-51H,5-49H2,1-4H3,(H,56,57);2,7H,1,4H2,(H,5,6)/t50-,51-;2-/m10/s1. The zero-order chi connectivity index (χ0) is 52.7. The maximum atomic E-state index is 13.0. The van der Waals surface area contributed by atoms with Gasteiger partial charge in [0.05, 0.1) is 7.11 Å². The van der Waals surface area contributed by atoms with Crippen LogP contribution in [0.4, 0.5) is 0 Å². The van der Waals surface area contributed by atoms with Crippen molar-refractivity contribution in [2.24, 2.45) is 5.73 Å². The number of esters is 3. The molecule has 3 atom stereocenters. The molecule has 0 saturated carbocycles. The maximum absolute atomic E-state index is 13.0. The molecule has 0 heterocycles. The van der Waals surface area contributed by atoms with E-state index in [0.717, 1.165) is 57.8 Å². The third-order valence-electron chi connectivity index (χ3n) is 13.1. The second kappa shape index (κ2) is 57.3. The molecular formula is C58H112N2O9S2. The van der Waals surface area contributed by atoms with Crippen LogP contribution in [0.2, 0.25) is 0 Å². The normalized spacial score (nSPS) is 12.4. The van der Waals surface area contributed by atoms with Gasteiger partial charge in [-0.15, -0.1) is 0 Å². The van der Waals surface area contributed by atoms with Gasteiger partial charge in [-0.05, 0) is 19.3 Å². The largest absolute Gasteiger partial charge is 0.480 e. The Hall–Kier alpha value is -1.99. The molecule has 11 nitrogen and oxygen atoms in total. The van der Waals surface area contributed by atoms with E-state index < -0.39 is 30.1 Å². The summed E-state index contributed by atoms with van der Waals surface area (Å²) in [6.45, 7) is 6.77. The van der Waals surface area contributed by atoms with E-state index in [0.29, 0.717) is 25.0 Å². The first-order chi connectivity index (χ1) is 34.6. The molecule has 0 aromatic heterocycles. The second-order valence-corrected chi connectivity index (χ2v) is 21.5. The van der Waals surface area contributed by atoms with Crippen molar-refractivity contribution in [3.8, 4) is 0 Å². The second-order valence-electron chi connectivity index (χ2n) is 20.1. The third-order valence-corrected chi connectivity index (χ3v) is 14.7. The maximum Gasteiger partial charge on any atom is 0.329 e. The molecule has 0 bridgehead atoms. The first-order valence-electron chi connectivity index (χ1n) is 29.4. The van der Waals surface area contributed by atoms with Crippen LogP contribution in [0, 0.1) is 0 Å². The number of hydrogen-bond donors (Lipinski definition) is 4. The summed E-state index contributed by atoms with van der Waals surface area (Å²) in [4.78, 5) is 61.0. The molecule has 71 heavy (non-hydrogen) atoms. The number of thioether (sulfide) groups is 1. The van der Waals surface area contributed by atoms with Crippen molar-refractivity contribution in [1.82, 2.24) is 5.32 Å². The monoisotopic (exact) mass is 1040 g/mol. The van der Waals surface area contributed by atoms with Crippen LogP contribution in [0.3, 0.4) is 0 Å². The molecular weight excluding hydrogens is 933 g/mol. The van der Waals surface area contributed by atoms with Crippen LogP contribution < -0.4 is 11.1 Å². The van der Waals surface area contributed by atoms with Crippen LogP contribution in [0.1, 0.15) is 290 Å². The van der Waals surface area contributed by atoms with Gasteiger partial charge in [0.15, 0.2) is 0 Å². The van der Waals surface area contributed by atoms with E-state index in [-0.39, 0.29) is 36.0 Å². The fraction of sp³-hybridized carbons (Fsp3) is 0.914. The van der Waals surface area contributed by atoms with E-state index in [9.17, 15) is 24.0 Å². The highest BCUT2D eigenvalue weighted by Crippen LogP contribution is 2.18. The highest BCUT2D eigenvalue weighted by atomic mass is 32.2. The Kier molecular flexibility index (Phi) is 57.4. The number of unbranched alkanes of at least 4 members (excludes halogenated alkanes) is 36. The molecule has 0 fully saturated rings.